The number of fused-ring (bicyclic) bond motifs is 1. The fourth-order valence-corrected chi connectivity index (χ4v) is 2.96. The van der Waals surface area contributed by atoms with Gasteiger partial charge in [0.2, 0.25) is 5.91 Å². The Kier molecular flexibility index (Phi) is 4.55. The van der Waals surface area contributed by atoms with Crippen LogP contribution in [0.25, 0.3) is 16.9 Å². The standard InChI is InChI=1S/C21H17N5O2/c1-14(27)24-16-8-5-9-17(12-16)25-21(28)18-13-23-26-19(10-11-22-20(18)26)15-6-3-2-4-7-15/h2-13H,1H3,(H,24,27)(H,25,28). The van der Waals surface area contributed by atoms with Crippen LogP contribution in [0.15, 0.2) is 73.1 Å². The SMILES string of the molecule is CC(=O)Nc1cccc(NC(=O)c2cnn3c(-c4ccccc4)ccnc23)c1. The number of carbonyl (C=O) groups is 2. The molecule has 0 bridgehead atoms. The highest BCUT2D eigenvalue weighted by Crippen LogP contribution is 2.22. The summed E-state index contributed by atoms with van der Waals surface area (Å²) in [6, 6.07) is 18.6. The van der Waals surface area contributed by atoms with E-state index in [1.807, 2.05) is 36.4 Å². The predicted molar refractivity (Wildman–Crippen MR) is 107 cm³/mol. The molecule has 2 aromatic carbocycles. The van der Waals surface area contributed by atoms with Crippen molar-refractivity contribution in [3.63, 3.8) is 0 Å². The molecule has 0 spiro atoms. The van der Waals surface area contributed by atoms with Gasteiger partial charge in [-0.1, -0.05) is 36.4 Å². The lowest BCUT2D eigenvalue weighted by molar-refractivity contribution is -0.114. The summed E-state index contributed by atoms with van der Waals surface area (Å²) in [6.45, 7) is 1.43. The molecule has 0 unspecified atom stereocenters. The number of nitrogens with one attached hydrogen (secondary N) is 2. The molecule has 0 aliphatic rings. The van der Waals surface area contributed by atoms with E-state index in [4.69, 9.17) is 0 Å². The van der Waals surface area contributed by atoms with Gasteiger partial charge in [0.25, 0.3) is 5.91 Å². The molecule has 0 saturated carbocycles. The summed E-state index contributed by atoms with van der Waals surface area (Å²) in [7, 11) is 0. The molecule has 0 aliphatic heterocycles. The first-order chi connectivity index (χ1) is 13.6. The zero-order chi connectivity index (χ0) is 19.5. The summed E-state index contributed by atoms with van der Waals surface area (Å²) in [4.78, 5) is 28.3. The lowest BCUT2D eigenvalue weighted by atomic mass is 10.1. The van der Waals surface area contributed by atoms with Gasteiger partial charge in [-0.2, -0.15) is 5.10 Å². The molecule has 0 atom stereocenters. The van der Waals surface area contributed by atoms with Gasteiger partial charge in [-0.3, -0.25) is 9.59 Å². The van der Waals surface area contributed by atoms with E-state index in [0.717, 1.165) is 11.3 Å². The molecule has 2 heterocycles. The number of anilines is 2. The fraction of sp³-hybridized carbons (Fsp3) is 0.0476. The van der Waals surface area contributed by atoms with Crippen molar-refractivity contribution in [1.82, 2.24) is 14.6 Å². The summed E-state index contributed by atoms with van der Waals surface area (Å²) >= 11 is 0. The Morgan fingerprint density at radius 2 is 1.68 bits per heavy atom. The molecule has 2 amide bonds. The third-order valence-electron chi connectivity index (χ3n) is 4.16. The predicted octanol–water partition coefficient (Wildman–Crippen LogP) is 3.61. The minimum absolute atomic E-state index is 0.177. The smallest absolute Gasteiger partial charge is 0.261 e. The largest absolute Gasteiger partial charge is 0.326 e. The quantitative estimate of drug-likeness (QED) is 0.574. The molecule has 4 aromatic rings. The number of nitrogens with zero attached hydrogens (tertiary/aromatic N) is 3. The molecule has 2 N–H and O–H groups in total. The van der Waals surface area contributed by atoms with Crippen LogP contribution in [0.5, 0.6) is 0 Å². The van der Waals surface area contributed by atoms with Gasteiger partial charge in [0.1, 0.15) is 5.56 Å². The van der Waals surface area contributed by atoms with Crippen molar-refractivity contribution < 1.29 is 9.59 Å². The summed E-state index contributed by atoms with van der Waals surface area (Å²) in [5, 5.41) is 9.87. The Balaban J connectivity index is 1.65. The number of rotatable bonds is 4. The third kappa shape index (κ3) is 3.45. The van der Waals surface area contributed by atoms with Gasteiger partial charge in [0.15, 0.2) is 5.65 Å². The van der Waals surface area contributed by atoms with Crippen LogP contribution < -0.4 is 10.6 Å². The van der Waals surface area contributed by atoms with Crippen molar-refractivity contribution >= 4 is 28.8 Å². The van der Waals surface area contributed by atoms with Gasteiger partial charge in [-0.25, -0.2) is 9.50 Å². The summed E-state index contributed by atoms with van der Waals surface area (Å²) in [6.07, 6.45) is 3.16. The second-order valence-electron chi connectivity index (χ2n) is 6.21. The number of carbonyl (C=O) groups excluding carboxylic acids is 2. The van der Waals surface area contributed by atoms with Crippen LogP contribution in [0.2, 0.25) is 0 Å². The Labute approximate surface area is 161 Å². The molecule has 2 aromatic heterocycles. The molecule has 28 heavy (non-hydrogen) atoms. The molecule has 0 fully saturated rings. The van der Waals surface area contributed by atoms with E-state index in [9.17, 15) is 9.59 Å². The van der Waals surface area contributed by atoms with Gasteiger partial charge in [0, 0.05) is 30.1 Å². The van der Waals surface area contributed by atoms with Crippen LogP contribution >= 0.6 is 0 Å². The molecule has 0 radical (unpaired) electrons. The minimum Gasteiger partial charge on any atom is -0.326 e. The lowest BCUT2D eigenvalue weighted by Gasteiger charge is -2.08. The van der Waals surface area contributed by atoms with E-state index in [1.54, 1.807) is 35.0 Å². The number of hydrogen-bond acceptors (Lipinski definition) is 4. The summed E-state index contributed by atoms with van der Waals surface area (Å²) in [5.74, 6) is -0.503. The number of benzene rings is 2. The molecule has 0 saturated heterocycles. The van der Waals surface area contributed by atoms with E-state index in [1.165, 1.54) is 13.1 Å². The first-order valence-corrected chi connectivity index (χ1v) is 8.69. The maximum atomic E-state index is 12.8. The normalized spacial score (nSPS) is 10.6. The van der Waals surface area contributed by atoms with Crippen molar-refractivity contribution in [2.75, 3.05) is 10.6 Å². The van der Waals surface area contributed by atoms with Crippen LogP contribution in [0, 0.1) is 0 Å². The van der Waals surface area contributed by atoms with Gasteiger partial charge < -0.3 is 10.6 Å². The van der Waals surface area contributed by atoms with Gasteiger partial charge in [0.05, 0.1) is 11.9 Å². The average Bonchev–Trinajstić information content (AvgIpc) is 3.13. The van der Waals surface area contributed by atoms with Crippen LogP contribution in [0.4, 0.5) is 11.4 Å². The average molecular weight is 371 g/mol. The van der Waals surface area contributed by atoms with Gasteiger partial charge >= 0.3 is 0 Å². The Bertz CT molecular complexity index is 1170. The first kappa shape index (κ1) is 17.4. The molecule has 7 nitrogen and oxygen atoms in total. The van der Waals surface area contributed by atoms with Crippen LogP contribution in [-0.4, -0.2) is 26.4 Å². The van der Waals surface area contributed by atoms with Gasteiger partial charge in [-0.05, 0) is 24.3 Å². The Hall–Kier alpha value is -4.00. The monoisotopic (exact) mass is 371 g/mol. The molecule has 0 aliphatic carbocycles. The number of hydrogen-bond donors (Lipinski definition) is 2. The van der Waals surface area contributed by atoms with Crippen LogP contribution in [-0.2, 0) is 4.79 Å². The second-order valence-corrected chi connectivity index (χ2v) is 6.21. The highest BCUT2D eigenvalue weighted by molar-refractivity contribution is 6.08. The third-order valence-corrected chi connectivity index (χ3v) is 4.16. The van der Waals surface area contributed by atoms with E-state index in [2.05, 4.69) is 20.7 Å². The minimum atomic E-state index is -0.326. The lowest BCUT2D eigenvalue weighted by Crippen LogP contribution is -2.13. The van der Waals surface area contributed by atoms with Crippen molar-refractivity contribution in [3.8, 4) is 11.3 Å². The molecule has 4 rings (SSSR count). The topological polar surface area (TPSA) is 88.4 Å². The van der Waals surface area contributed by atoms with E-state index >= 15 is 0 Å². The van der Waals surface area contributed by atoms with E-state index in [0.29, 0.717) is 22.6 Å². The summed E-state index contributed by atoms with van der Waals surface area (Å²) in [5.41, 5.74) is 3.83. The molecular weight excluding hydrogens is 354 g/mol. The maximum absolute atomic E-state index is 12.8. The van der Waals surface area contributed by atoms with Gasteiger partial charge in [-0.15, -0.1) is 0 Å². The summed E-state index contributed by atoms with van der Waals surface area (Å²) < 4.78 is 1.65. The molecule has 138 valence electrons. The maximum Gasteiger partial charge on any atom is 0.261 e. The van der Waals surface area contributed by atoms with Crippen molar-refractivity contribution in [2.45, 2.75) is 6.92 Å². The number of amides is 2. The van der Waals surface area contributed by atoms with Crippen LogP contribution in [0.3, 0.4) is 0 Å². The van der Waals surface area contributed by atoms with Crippen molar-refractivity contribution in [1.29, 1.82) is 0 Å². The molecular formula is C21H17N5O2. The second kappa shape index (κ2) is 7.32. The number of aromatic nitrogens is 3. The van der Waals surface area contributed by atoms with Crippen LogP contribution in [0.1, 0.15) is 17.3 Å². The first-order valence-electron chi connectivity index (χ1n) is 8.69. The molecule has 7 heteroatoms. The fourth-order valence-electron chi connectivity index (χ4n) is 2.96. The zero-order valence-corrected chi connectivity index (χ0v) is 15.1. The van der Waals surface area contributed by atoms with E-state index in [-0.39, 0.29) is 11.8 Å². The van der Waals surface area contributed by atoms with Crippen molar-refractivity contribution in [2.24, 2.45) is 0 Å². The Morgan fingerprint density at radius 1 is 0.929 bits per heavy atom. The van der Waals surface area contributed by atoms with Crippen molar-refractivity contribution in [3.05, 3.63) is 78.6 Å². The highest BCUT2D eigenvalue weighted by Gasteiger charge is 2.16. The Morgan fingerprint density at radius 3 is 2.43 bits per heavy atom. The zero-order valence-electron chi connectivity index (χ0n) is 15.1. The van der Waals surface area contributed by atoms with E-state index < -0.39 is 0 Å². The highest BCUT2D eigenvalue weighted by atomic mass is 16.2.